The van der Waals surface area contributed by atoms with E-state index >= 15 is 0 Å². The van der Waals surface area contributed by atoms with Crippen LogP contribution in [0.5, 0.6) is 5.75 Å². The van der Waals surface area contributed by atoms with Gasteiger partial charge in [-0.2, -0.15) is 0 Å². The van der Waals surface area contributed by atoms with E-state index in [1.807, 2.05) is 6.92 Å². The van der Waals surface area contributed by atoms with Crippen molar-refractivity contribution in [2.45, 2.75) is 44.2 Å². The molecule has 0 aromatic heterocycles. The van der Waals surface area contributed by atoms with Crippen LogP contribution in [0.3, 0.4) is 0 Å². The van der Waals surface area contributed by atoms with Gasteiger partial charge in [0.05, 0.1) is 0 Å². The molecule has 0 saturated heterocycles. The van der Waals surface area contributed by atoms with Crippen molar-refractivity contribution >= 4 is 0 Å². The molecular formula is C14H18FNO. The first-order valence-corrected chi connectivity index (χ1v) is 6.35. The molecule has 0 spiro atoms. The Balaban J connectivity index is 1.66. The van der Waals surface area contributed by atoms with Crippen molar-refractivity contribution < 1.29 is 9.13 Å². The highest BCUT2D eigenvalue weighted by Crippen LogP contribution is 2.41. The van der Waals surface area contributed by atoms with Gasteiger partial charge in [-0.05, 0) is 44.2 Å². The molecule has 2 aliphatic rings. The van der Waals surface area contributed by atoms with Crippen molar-refractivity contribution in [2.24, 2.45) is 0 Å². The molecule has 2 saturated carbocycles. The zero-order valence-corrected chi connectivity index (χ0v) is 10.1. The zero-order valence-electron chi connectivity index (χ0n) is 10.1. The molecule has 1 aromatic carbocycles. The lowest BCUT2D eigenvalue weighted by atomic mass is 10.2. The van der Waals surface area contributed by atoms with Crippen molar-refractivity contribution in [1.82, 2.24) is 5.32 Å². The Kier molecular flexibility index (Phi) is 2.58. The quantitative estimate of drug-likeness (QED) is 0.847. The molecule has 2 aliphatic carbocycles. The van der Waals surface area contributed by atoms with Gasteiger partial charge in [0.25, 0.3) is 0 Å². The van der Waals surface area contributed by atoms with Crippen LogP contribution < -0.4 is 10.1 Å². The number of halogens is 1. The van der Waals surface area contributed by atoms with E-state index in [2.05, 4.69) is 5.32 Å². The lowest BCUT2D eigenvalue weighted by molar-refractivity contribution is 0.173. The number of aryl methyl sites for hydroxylation is 1. The highest BCUT2D eigenvalue weighted by molar-refractivity contribution is 5.34. The number of benzene rings is 1. The molecule has 92 valence electrons. The van der Waals surface area contributed by atoms with Gasteiger partial charge >= 0.3 is 0 Å². The monoisotopic (exact) mass is 235 g/mol. The van der Waals surface area contributed by atoms with Gasteiger partial charge < -0.3 is 10.1 Å². The minimum absolute atomic E-state index is 0.0683. The Hall–Kier alpha value is -1.09. The van der Waals surface area contributed by atoms with E-state index in [0.717, 1.165) is 24.9 Å². The van der Waals surface area contributed by atoms with E-state index in [9.17, 15) is 4.39 Å². The minimum atomic E-state index is -0.225. The maximum atomic E-state index is 13.2. The molecule has 0 aliphatic heterocycles. The number of nitrogens with one attached hydrogen (secondary N) is 1. The van der Waals surface area contributed by atoms with Gasteiger partial charge in [0.15, 0.2) is 0 Å². The maximum absolute atomic E-state index is 13.2. The second kappa shape index (κ2) is 3.98. The predicted molar refractivity (Wildman–Crippen MR) is 64.8 cm³/mol. The normalized spacial score (nSPS) is 21.3. The van der Waals surface area contributed by atoms with Gasteiger partial charge in [0, 0.05) is 18.7 Å². The summed E-state index contributed by atoms with van der Waals surface area (Å²) in [6.45, 7) is 2.85. The van der Waals surface area contributed by atoms with Gasteiger partial charge in [0.2, 0.25) is 0 Å². The lowest BCUT2D eigenvalue weighted by Gasteiger charge is -2.20. The summed E-state index contributed by atoms with van der Waals surface area (Å²) in [5, 5.41) is 3.49. The number of hydrogen-bond donors (Lipinski definition) is 1. The molecule has 0 bridgehead atoms. The fourth-order valence-electron chi connectivity index (χ4n) is 1.99. The Labute approximate surface area is 101 Å². The molecule has 3 rings (SSSR count). The van der Waals surface area contributed by atoms with Crippen LogP contribution in [0.2, 0.25) is 0 Å². The van der Waals surface area contributed by atoms with Crippen molar-refractivity contribution in [3.63, 3.8) is 0 Å². The van der Waals surface area contributed by atoms with Crippen molar-refractivity contribution in [3.8, 4) is 5.75 Å². The highest BCUT2D eigenvalue weighted by Gasteiger charge is 2.46. The summed E-state index contributed by atoms with van der Waals surface area (Å²) in [6.07, 6.45) is 4.72. The Morgan fingerprint density at radius 3 is 2.82 bits per heavy atom. The third-order valence-corrected chi connectivity index (χ3v) is 3.57. The molecule has 0 heterocycles. The molecule has 17 heavy (non-hydrogen) atoms. The summed E-state index contributed by atoms with van der Waals surface area (Å²) in [5.74, 6) is 0.469. The van der Waals surface area contributed by atoms with Crippen LogP contribution in [0.15, 0.2) is 18.2 Å². The number of ether oxygens (including phenoxy) is 1. The molecule has 0 amide bonds. The molecule has 0 radical (unpaired) electrons. The SMILES string of the molecule is Cc1ccc(F)cc1OC1(CNC2CC2)CC1. The first-order valence-electron chi connectivity index (χ1n) is 6.35. The van der Waals surface area contributed by atoms with Crippen LogP contribution in [0.4, 0.5) is 4.39 Å². The van der Waals surface area contributed by atoms with Crippen molar-refractivity contribution in [1.29, 1.82) is 0 Å². The average Bonchev–Trinajstić information content (AvgIpc) is 3.16. The summed E-state index contributed by atoms with van der Waals surface area (Å²) in [4.78, 5) is 0. The molecule has 0 atom stereocenters. The zero-order chi connectivity index (χ0) is 11.9. The smallest absolute Gasteiger partial charge is 0.126 e. The van der Waals surface area contributed by atoms with E-state index < -0.39 is 0 Å². The second-order valence-corrected chi connectivity index (χ2v) is 5.35. The second-order valence-electron chi connectivity index (χ2n) is 5.35. The lowest BCUT2D eigenvalue weighted by Crippen LogP contribution is -2.34. The van der Waals surface area contributed by atoms with E-state index in [4.69, 9.17) is 4.74 Å². The van der Waals surface area contributed by atoms with Crippen LogP contribution in [-0.4, -0.2) is 18.2 Å². The predicted octanol–water partition coefficient (Wildman–Crippen LogP) is 2.80. The van der Waals surface area contributed by atoms with E-state index in [1.54, 1.807) is 6.07 Å². The fourth-order valence-corrected chi connectivity index (χ4v) is 1.99. The van der Waals surface area contributed by atoms with Gasteiger partial charge in [-0.3, -0.25) is 0 Å². The van der Waals surface area contributed by atoms with E-state index in [0.29, 0.717) is 11.8 Å². The molecule has 2 nitrogen and oxygen atoms in total. The molecular weight excluding hydrogens is 217 g/mol. The summed E-state index contributed by atoms with van der Waals surface area (Å²) < 4.78 is 19.2. The molecule has 1 N–H and O–H groups in total. The van der Waals surface area contributed by atoms with E-state index in [1.165, 1.54) is 25.0 Å². The first-order chi connectivity index (χ1) is 8.17. The fraction of sp³-hybridized carbons (Fsp3) is 0.571. The first kappa shape index (κ1) is 11.0. The molecule has 1 aromatic rings. The largest absolute Gasteiger partial charge is 0.486 e. The third-order valence-electron chi connectivity index (χ3n) is 3.57. The standard InChI is InChI=1S/C14H18FNO/c1-10-2-3-11(15)8-13(10)17-14(6-7-14)9-16-12-4-5-12/h2-3,8,12,16H,4-7,9H2,1H3. The highest BCUT2D eigenvalue weighted by atomic mass is 19.1. The summed E-state index contributed by atoms with van der Waals surface area (Å²) >= 11 is 0. The number of rotatable bonds is 5. The van der Waals surface area contributed by atoms with Crippen LogP contribution in [0.1, 0.15) is 31.2 Å². The van der Waals surface area contributed by atoms with Gasteiger partial charge in [-0.15, -0.1) is 0 Å². The third kappa shape index (κ3) is 2.60. The van der Waals surface area contributed by atoms with Crippen molar-refractivity contribution in [3.05, 3.63) is 29.6 Å². The van der Waals surface area contributed by atoms with Crippen LogP contribution in [-0.2, 0) is 0 Å². The van der Waals surface area contributed by atoms with E-state index in [-0.39, 0.29) is 11.4 Å². The number of hydrogen-bond acceptors (Lipinski definition) is 2. The molecule has 0 unspecified atom stereocenters. The maximum Gasteiger partial charge on any atom is 0.126 e. The van der Waals surface area contributed by atoms with Gasteiger partial charge in [0.1, 0.15) is 17.2 Å². The minimum Gasteiger partial charge on any atom is -0.486 e. The molecule has 3 heteroatoms. The van der Waals surface area contributed by atoms with Gasteiger partial charge in [-0.1, -0.05) is 6.07 Å². The van der Waals surface area contributed by atoms with Crippen LogP contribution >= 0.6 is 0 Å². The Bertz CT molecular complexity index is 424. The van der Waals surface area contributed by atoms with Crippen LogP contribution in [0.25, 0.3) is 0 Å². The molecule has 2 fully saturated rings. The Morgan fingerprint density at radius 2 is 2.18 bits per heavy atom. The van der Waals surface area contributed by atoms with Crippen LogP contribution in [0, 0.1) is 12.7 Å². The van der Waals surface area contributed by atoms with Crippen molar-refractivity contribution in [2.75, 3.05) is 6.54 Å². The Morgan fingerprint density at radius 1 is 1.41 bits per heavy atom. The van der Waals surface area contributed by atoms with Gasteiger partial charge in [-0.25, -0.2) is 4.39 Å². The summed E-state index contributed by atoms with van der Waals surface area (Å²) in [5.41, 5.74) is 0.935. The topological polar surface area (TPSA) is 21.3 Å². The summed E-state index contributed by atoms with van der Waals surface area (Å²) in [6, 6.07) is 5.44. The summed E-state index contributed by atoms with van der Waals surface area (Å²) in [7, 11) is 0. The average molecular weight is 235 g/mol.